The van der Waals surface area contributed by atoms with Gasteiger partial charge < -0.3 is 15.4 Å². The molecule has 6 heteroatoms. The summed E-state index contributed by atoms with van der Waals surface area (Å²) in [5.74, 6) is -0.333. The summed E-state index contributed by atoms with van der Waals surface area (Å²) >= 11 is 1.47. The summed E-state index contributed by atoms with van der Waals surface area (Å²) < 4.78 is 5.10. The van der Waals surface area contributed by atoms with Crippen molar-refractivity contribution >= 4 is 24.1 Å². The van der Waals surface area contributed by atoms with Gasteiger partial charge in [0.2, 0.25) is 11.3 Å². The van der Waals surface area contributed by atoms with E-state index in [0.29, 0.717) is 13.0 Å². The van der Waals surface area contributed by atoms with Crippen LogP contribution in [0.5, 0.6) is 0 Å². The van der Waals surface area contributed by atoms with Crippen LogP contribution in [0.15, 0.2) is 11.1 Å². The zero-order valence-electron chi connectivity index (χ0n) is 10.6. The van der Waals surface area contributed by atoms with Crippen LogP contribution in [0.3, 0.4) is 0 Å². The number of nitrogens with one attached hydrogen (secondary N) is 2. The third kappa shape index (κ3) is 2.34. The van der Waals surface area contributed by atoms with E-state index in [1.165, 1.54) is 16.7 Å². The number of ether oxygens (including phenoxy) is 1. The Bertz CT molecular complexity index is 393. The number of rotatable bonds is 6. The van der Waals surface area contributed by atoms with E-state index >= 15 is 0 Å². The van der Waals surface area contributed by atoms with Gasteiger partial charge in [-0.15, -0.1) is 0 Å². The van der Waals surface area contributed by atoms with E-state index in [2.05, 4.69) is 17.6 Å². The Kier molecular flexibility index (Phi) is 3.56. The van der Waals surface area contributed by atoms with Crippen molar-refractivity contribution in [2.45, 2.75) is 31.6 Å². The molecule has 18 heavy (non-hydrogen) atoms. The maximum atomic E-state index is 12.1. The molecule has 1 aliphatic carbocycles. The Morgan fingerprint density at radius 1 is 1.67 bits per heavy atom. The molecule has 1 atom stereocenters. The Morgan fingerprint density at radius 2 is 2.39 bits per heavy atom. The van der Waals surface area contributed by atoms with Crippen molar-refractivity contribution in [3.63, 3.8) is 0 Å². The summed E-state index contributed by atoms with van der Waals surface area (Å²) in [5.41, 5.74) is 0.201. The van der Waals surface area contributed by atoms with Crippen LogP contribution < -0.4 is 10.6 Å². The summed E-state index contributed by atoms with van der Waals surface area (Å²) in [6, 6.07) is 0. The second kappa shape index (κ2) is 4.84. The predicted octanol–water partition coefficient (Wildman–Crippen LogP) is 0.970. The first-order valence-electron chi connectivity index (χ1n) is 6.08. The van der Waals surface area contributed by atoms with Gasteiger partial charge in [0.05, 0.1) is 13.2 Å². The molecule has 0 spiro atoms. The number of allylic oxidation sites excluding steroid dienone is 1. The lowest BCUT2D eigenvalue weighted by Crippen LogP contribution is -2.52. The van der Waals surface area contributed by atoms with E-state index in [9.17, 15) is 9.59 Å². The average Bonchev–Trinajstić information content (AvgIpc) is 2.95. The smallest absolute Gasteiger partial charge is 0.344 e. The fraction of sp³-hybridized carbons (Fsp3) is 0.667. The van der Waals surface area contributed by atoms with Gasteiger partial charge in [-0.3, -0.25) is 4.79 Å². The maximum absolute atomic E-state index is 12.1. The molecule has 1 heterocycles. The predicted molar refractivity (Wildman–Crippen MR) is 69.6 cm³/mol. The fourth-order valence-corrected chi connectivity index (χ4v) is 3.21. The van der Waals surface area contributed by atoms with Gasteiger partial charge in [0.1, 0.15) is 0 Å². The maximum Gasteiger partial charge on any atom is 0.344 e. The lowest BCUT2D eigenvalue weighted by atomic mass is 10.1. The van der Waals surface area contributed by atoms with Gasteiger partial charge in [-0.05, 0) is 19.8 Å². The van der Waals surface area contributed by atoms with E-state index in [4.69, 9.17) is 4.74 Å². The summed E-state index contributed by atoms with van der Waals surface area (Å²) in [5, 5.41) is 5.66. The molecule has 0 saturated heterocycles. The molecule has 0 aromatic rings. The van der Waals surface area contributed by atoms with Crippen molar-refractivity contribution in [2.75, 3.05) is 13.2 Å². The minimum atomic E-state index is -0.905. The number of carbonyl (C=O) groups excluding carboxylic acids is 2. The molecule has 0 aromatic carbocycles. The Balaban J connectivity index is 2.09. The molecule has 2 N–H and O–H groups in total. The molecule has 2 aliphatic rings. The zero-order valence-corrected chi connectivity index (χ0v) is 11.4. The molecule has 0 radical (unpaired) electrons. The number of amides is 1. The molecule has 1 saturated carbocycles. The molecule has 2 rings (SSSR count). The Morgan fingerprint density at radius 3 is 2.94 bits per heavy atom. The second-order valence-electron chi connectivity index (χ2n) is 4.86. The highest BCUT2D eigenvalue weighted by Gasteiger charge is 2.51. The van der Waals surface area contributed by atoms with E-state index in [-0.39, 0.29) is 17.9 Å². The monoisotopic (exact) mass is 270 g/mol. The van der Waals surface area contributed by atoms with Crippen LogP contribution in [0.1, 0.15) is 26.7 Å². The van der Waals surface area contributed by atoms with Gasteiger partial charge in [0.25, 0.3) is 0 Å². The number of thioether (sulfide) groups is 1. The van der Waals surface area contributed by atoms with E-state index in [1.54, 1.807) is 6.92 Å². The lowest BCUT2D eigenvalue weighted by Gasteiger charge is -2.27. The first kappa shape index (κ1) is 13.3. The molecule has 1 aliphatic heterocycles. The van der Waals surface area contributed by atoms with Gasteiger partial charge >= 0.3 is 5.97 Å². The van der Waals surface area contributed by atoms with E-state index < -0.39 is 4.87 Å². The van der Waals surface area contributed by atoms with Crippen LogP contribution in [0, 0.1) is 5.41 Å². The van der Waals surface area contributed by atoms with Crippen LogP contribution >= 0.6 is 11.8 Å². The number of esters is 1. The van der Waals surface area contributed by atoms with Gasteiger partial charge in [-0.25, -0.2) is 4.79 Å². The van der Waals surface area contributed by atoms with Gasteiger partial charge in [0, 0.05) is 16.5 Å². The SMILES string of the molecule is CCOC(=O)C1(CNC=O)NC=C(C2(C)CC2)S1. The second-order valence-corrected chi connectivity index (χ2v) is 6.20. The normalized spacial score (nSPS) is 28.0. The summed E-state index contributed by atoms with van der Waals surface area (Å²) in [6.45, 7) is 4.50. The zero-order chi connectivity index (χ0) is 13.2. The van der Waals surface area contributed by atoms with Crippen molar-refractivity contribution in [2.24, 2.45) is 5.41 Å². The van der Waals surface area contributed by atoms with E-state index in [1.807, 2.05) is 6.20 Å². The highest BCUT2D eigenvalue weighted by Crippen LogP contribution is 2.58. The first-order chi connectivity index (χ1) is 8.56. The number of hydrogen-bond donors (Lipinski definition) is 2. The van der Waals surface area contributed by atoms with Crippen LogP contribution in [0.2, 0.25) is 0 Å². The molecule has 1 fully saturated rings. The third-order valence-electron chi connectivity index (χ3n) is 3.35. The quantitative estimate of drug-likeness (QED) is 0.556. The molecular weight excluding hydrogens is 252 g/mol. The van der Waals surface area contributed by atoms with Gasteiger partial charge in [-0.1, -0.05) is 18.7 Å². The molecule has 1 unspecified atom stereocenters. The van der Waals surface area contributed by atoms with Crippen LogP contribution in [-0.2, 0) is 14.3 Å². The Hall–Kier alpha value is -1.17. The highest BCUT2D eigenvalue weighted by molar-refractivity contribution is 8.05. The van der Waals surface area contributed by atoms with Crippen LogP contribution in [0.4, 0.5) is 0 Å². The van der Waals surface area contributed by atoms with Crippen molar-refractivity contribution in [3.05, 3.63) is 11.1 Å². The summed E-state index contributed by atoms with van der Waals surface area (Å²) in [6.07, 6.45) is 4.78. The first-order valence-corrected chi connectivity index (χ1v) is 6.89. The largest absolute Gasteiger partial charge is 0.464 e. The molecular formula is C12H18N2O3S. The van der Waals surface area contributed by atoms with Gasteiger partial charge in [0.15, 0.2) is 0 Å². The van der Waals surface area contributed by atoms with Crippen LogP contribution in [0.25, 0.3) is 0 Å². The van der Waals surface area contributed by atoms with Gasteiger partial charge in [-0.2, -0.15) is 0 Å². The third-order valence-corrected chi connectivity index (χ3v) is 4.96. The fourth-order valence-electron chi connectivity index (χ4n) is 1.85. The molecule has 5 nitrogen and oxygen atoms in total. The minimum absolute atomic E-state index is 0.201. The van der Waals surface area contributed by atoms with E-state index in [0.717, 1.165) is 12.8 Å². The van der Waals surface area contributed by atoms with Crippen molar-refractivity contribution in [1.29, 1.82) is 0 Å². The molecule has 0 bridgehead atoms. The number of hydrogen-bond acceptors (Lipinski definition) is 5. The molecule has 0 aromatic heterocycles. The average molecular weight is 270 g/mol. The summed E-state index contributed by atoms with van der Waals surface area (Å²) in [4.78, 5) is 22.8. The highest BCUT2D eigenvalue weighted by atomic mass is 32.2. The lowest BCUT2D eigenvalue weighted by molar-refractivity contribution is -0.146. The van der Waals surface area contributed by atoms with Crippen LogP contribution in [-0.4, -0.2) is 30.4 Å². The van der Waals surface area contributed by atoms with Crippen molar-refractivity contribution in [3.8, 4) is 0 Å². The minimum Gasteiger partial charge on any atom is -0.464 e. The van der Waals surface area contributed by atoms with Crippen molar-refractivity contribution in [1.82, 2.24) is 10.6 Å². The standard InChI is InChI=1S/C12H18N2O3S/c1-3-17-10(16)12(7-13-8-15)14-6-9(18-12)11(2)4-5-11/h6,8,14H,3-5,7H2,1-2H3,(H,13,15). The molecule has 1 amide bonds. The van der Waals surface area contributed by atoms with Crippen molar-refractivity contribution < 1.29 is 14.3 Å². The molecule has 100 valence electrons. The number of carbonyl (C=O) groups is 2. The topological polar surface area (TPSA) is 67.4 Å². The Labute approximate surface area is 111 Å². The summed E-state index contributed by atoms with van der Waals surface area (Å²) in [7, 11) is 0.